The number of likely N-dealkylation sites (tertiary alicyclic amines) is 1. The number of β-amino-alcohol motifs (C(OH)–C–C–N with tert-alkyl or cyclic N) is 1. The molecule has 1 aromatic carbocycles. The highest BCUT2D eigenvalue weighted by Gasteiger charge is 2.28. The first kappa shape index (κ1) is 12.7. The Morgan fingerprint density at radius 3 is 2.78 bits per heavy atom. The van der Waals surface area contributed by atoms with Gasteiger partial charge in [0.2, 0.25) is 0 Å². The van der Waals surface area contributed by atoms with Crippen LogP contribution in [0.4, 0.5) is 0 Å². The van der Waals surface area contributed by atoms with Crippen molar-refractivity contribution in [3.63, 3.8) is 0 Å². The number of benzene rings is 1. The first-order valence-corrected chi connectivity index (χ1v) is 5.83. The molecule has 1 heterocycles. The molecule has 1 aliphatic heterocycles. The number of hydrogen-bond acceptors (Lipinski definition) is 4. The van der Waals surface area contributed by atoms with Gasteiger partial charge in [-0.15, -0.1) is 0 Å². The summed E-state index contributed by atoms with van der Waals surface area (Å²) in [5, 5.41) is 9.11. The van der Waals surface area contributed by atoms with Crippen LogP contribution in [0.15, 0.2) is 18.2 Å². The van der Waals surface area contributed by atoms with E-state index in [1.165, 1.54) is 0 Å². The van der Waals surface area contributed by atoms with Crippen LogP contribution in [0.3, 0.4) is 0 Å². The van der Waals surface area contributed by atoms with E-state index in [4.69, 9.17) is 14.6 Å². The lowest BCUT2D eigenvalue weighted by Crippen LogP contribution is -2.54. The van der Waals surface area contributed by atoms with E-state index in [0.717, 1.165) is 5.56 Å². The van der Waals surface area contributed by atoms with Crippen LogP contribution >= 0.6 is 0 Å². The molecule has 0 radical (unpaired) electrons. The molecule has 1 N–H and O–H groups in total. The predicted octanol–water partition coefficient (Wildman–Crippen LogP) is 0.586. The molecule has 98 valence electrons. The van der Waals surface area contributed by atoms with Gasteiger partial charge in [-0.25, -0.2) is 0 Å². The minimum absolute atomic E-state index is 0.0356. The maximum Gasteiger partial charge on any atom is 0.260 e. The van der Waals surface area contributed by atoms with Crippen molar-refractivity contribution in [3.05, 3.63) is 23.8 Å². The average Bonchev–Trinajstić information content (AvgIpc) is 2.33. The monoisotopic (exact) mass is 251 g/mol. The van der Waals surface area contributed by atoms with Crippen molar-refractivity contribution in [3.8, 4) is 11.5 Å². The van der Waals surface area contributed by atoms with E-state index in [1.54, 1.807) is 18.1 Å². The second-order valence-corrected chi connectivity index (χ2v) is 4.40. The second-order valence-electron chi connectivity index (χ2n) is 4.40. The Balaban J connectivity index is 1.91. The lowest BCUT2D eigenvalue weighted by Gasteiger charge is -2.35. The summed E-state index contributed by atoms with van der Waals surface area (Å²) in [4.78, 5) is 13.2. The molecule has 0 unspecified atom stereocenters. The van der Waals surface area contributed by atoms with Crippen molar-refractivity contribution < 1.29 is 19.4 Å². The summed E-state index contributed by atoms with van der Waals surface area (Å²) in [6.07, 6.45) is -0.386. The van der Waals surface area contributed by atoms with Gasteiger partial charge in [0, 0.05) is 13.1 Å². The molecule has 1 aliphatic rings. The molecule has 0 aliphatic carbocycles. The predicted molar refractivity (Wildman–Crippen MR) is 65.8 cm³/mol. The number of methoxy groups -OCH3 is 1. The lowest BCUT2D eigenvalue weighted by molar-refractivity contribution is -0.143. The van der Waals surface area contributed by atoms with Crippen LogP contribution in [0.2, 0.25) is 0 Å². The summed E-state index contributed by atoms with van der Waals surface area (Å²) in [5.41, 5.74) is 1.07. The molecule has 1 fully saturated rings. The van der Waals surface area contributed by atoms with E-state index in [0.29, 0.717) is 24.6 Å². The van der Waals surface area contributed by atoms with Crippen molar-refractivity contribution in [2.45, 2.75) is 13.0 Å². The van der Waals surface area contributed by atoms with E-state index in [-0.39, 0.29) is 18.6 Å². The average molecular weight is 251 g/mol. The summed E-state index contributed by atoms with van der Waals surface area (Å²) in [6.45, 7) is 2.71. The van der Waals surface area contributed by atoms with Gasteiger partial charge in [-0.1, -0.05) is 6.07 Å². The highest BCUT2D eigenvalue weighted by molar-refractivity contribution is 5.78. The zero-order chi connectivity index (χ0) is 13.1. The fraction of sp³-hybridized carbons (Fsp3) is 0.462. The number of aliphatic hydroxyl groups excluding tert-OH is 1. The number of aryl methyl sites for hydroxylation is 1. The molecule has 0 atom stereocenters. The molecule has 2 rings (SSSR count). The molecule has 1 saturated heterocycles. The van der Waals surface area contributed by atoms with Crippen molar-refractivity contribution in [2.24, 2.45) is 0 Å². The summed E-state index contributed by atoms with van der Waals surface area (Å²) in [6, 6.07) is 5.54. The minimum Gasteiger partial charge on any atom is -0.493 e. The van der Waals surface area contributed by atoms with E-state index >= 15 is 0 Å². The summed E-state index contributed by atoms with van der Waals surface area (Å²) >= 11 is 0. The molecule has 5 nitrogen and oxygen atoms in total. The summed E-state index contributed by atoms with van der Waals surface area (Å²) in [7, 11) is 1.56. The van der Waals surface area contributed by atoms with E-state index in [9.17, 15) is 4.79 Å². The zero-order valence-corrected chi connectivity index (χ0v) is 10.5. The number of carbonyl (C=O) groups is 1. The van der Waals surface area contributed by atoms with Gasteiger partial charge in [0.25, 0.3) is 5.91 Å². The maximum absolute atomic E-state index is 11.7. The van der Waals surface area contributed by atoms with Crippen molar-refractivity contribution in [1.29, 1.82) is 0 Å². The lowest BCUT2D eigenvalue weighted by atomic mass is 10.2. The third-order valence-electron chi connectivity index (χ3n) is 2.89. The van der Waals surface area contributed by atoms with E-state index in [2.05, 4.69) is 0 Å². The molecule has 0 bridgehead atoms. The van der Waals surface area contributed by atoms with Gasteiger partial charge in [-0.2, -0.15) is 0 Å². The van der Waals surface area contributed by atoms with E-state index < -0.39 is 0 Å². The maximum atomic E-state index is 11.7. The molecule has 5 heteroatoms. The Labute approximate surface area is 106 Å². The second kappa shape index (κ2) is 5.27. The zero-order valence-electron chi connectivity index (χ0n) is 10.5. The number of carbonyl (C=O) groups excluding carboxylic acids is 1. The number of amides is 1. The number of rotatable bonds is 4. The van der Waals surface area contributed by atoms with Gasteiger partial charge in [0.05, 0.1) is 13.2 Å². The smallest absolute Gasteiger partial charge is 0.260 e. The van der Waals surface area contributed by atoms with Gasteiger partial charge in [-0.05, 0) is 24.6 Å². The molecule has 0 saturated carbocycles. The number of aliphatic hydroxyl groups is 1. The van der Waals surface area contributed by atoms with E-state index in [1.807, 2.05) is 19.1 Å². The van der Waals surface area contributed by atoms with Crippen LogP contribution in [0, 0.1) is 6.92 Å². The molecule has 1 aromatic rings. The van der Waals surface area contributed by atoms with Crippen LogP contribution in [-0.2, 0) is 4.79 Å². The highest BCUT2D eigenvalue weighted by Crippen LogP contribution is 2.27. The number of ether oxygens (including phenoxy) is 2. The summed E-state index contributed by atoms with van der Waals surface area (Å²) in [5.74, 6) is 1.05. The molecule has 0 aromatic heterocycles. The van der Waals surface area contributed by atoms with Crippen molar-refractivity contribution in [1.82, 2.24) is 4.90 Å². The highest BCUT2D eigenvalue weighted by atomic mass is 16.5. The van der Waals surface area contributed by atoms with Gasteiger partial charge in [0.15, 0.2) is 18.1 Å². The van der Waals surface area contributed by atoms with Crippen LogP contribution in [0.5, 0.6) is 11.5 Å². The first-order chi connectivity index (χ1) is 8.60. The Morgan fingerprint density at radius 1 is 1.44 bits per heavy atom. The summed E-state index contributed by atoms with van der Waals surface area (Å²) < 4.78 is 10.6. The minimum atomic E-state index is -0.386. The third-order valence-corrected chi connectivity index (χ3v) is 2.89. The van der Waals surface area contributed by atoms with Crippen LogP contribution < -0.4 is 9.47 Å². The Morgan fingerprint density at radius 2 is 2.17 bits per heavy atom. The van der Waals surface area contributed by atoms with Gasteiger partial charge in [0.1, 0.15) is 0 Å². The third kappa shape index (κ3) is 2.73. The fourth-order valence-electron chi connectivity index (χ4n) is 1.78. The normalized spacial score (nSPS) is 15.2. The van der Waals surface area contributed by atoms with Crippen LogP contribution in [0.25, 0.3) is 0 Å². The van der Waals surface area contributed by atoms with Gasteiger partial charge in [-0.3, -0.25) is 4.79 Å². The topological polar surface area (TPSA) is 59.0 Å². The fourth-order valence-corrected chi connectivity index (χ4v) is 1.78. The first-order valence-electron chi connectivity index (χ1n) is 5.83. The number of hydrogen-bond donors (Lipinski definition) is 1. The van der Waals surface area contributed by atoms with Crippen molar-refractivity contribution in [2.75, 3.05) is 26.8 Å². The molecule has 0 spiro atoms. The molecule has 1 amide bonds. The largest absolute Gasteiger partial charge is 0.493 e. The Bertz CT molecular complexity index is 441. The van der Waals surface area contributed by atoms with Crippen LogP contribution in [-0.4, -0.2) is 48.8 Å². The molecular weight excluding hydrogens is 234 g/mol. The SMILES string of the molecule is COc1cc(C)ccc1OCC(=O)N1CC(O)C1. The standard InChI is InChI=1S/C13H17NO4/c1-9-3-4-11(12(5-9)17-2)18-8-13(16)14-6-10(15)7-14/h3-5,10,15H,6-8H2,1-2H3. The quantitative estimate of drug-likeness (QED) is 0.850. The Hall–Kier alpha value is -1.75. The Kier molecular flexibility index (Phi) is 3.72. The van der Waals surface area contributed by atoms with Crippen LogP contribution in [0.1, 0.15) is 5.56 Å². The van der Waals surface area contributed by atoms with Gasteiger partial charge < -0.3 is 19.5 Å². The van der Waals surface area contributed by atoms with Gasteiger partial charge >= 0.3 is 0 Å². The van der Waals surface area contributed by atoms with Crippen molar-refractivity contribution >= 4 is 5.91 Å². The number of nitrogens with zero attached hydrogens (tertiary/aromatic N) is 1. The molecule has 18 heavy (non-hydrogen) atoms. The molecular formula is C13H17NO4.